The minimum Gasteiger partial charge on any atom is -0.274 e. The third kappa shape index (κ3) is 1.75. The summed E-state index contributed by atoms with van der Waals surface area (Å²) in [5.41, 5.74) is 1.07. The van der Waals surface area contributed by atoms with Crippen molar-refractivity contribution in [3.63, 3.8) is 0 Å². The van der Waals surface area contributed by atoms with E-state index in [2.05, 4.69) is 0 Å². The van der Waals surface area contributed by atoms with E-state index in [1.807, 2.05) is 14.1 Å². The molecule has 0 aromatic heterocycles. The summed E-state index contributed by atoms with van der Waals surface area (Å²) >= 11 is 0. The molecule has 1 aliphatic rings. The lowest BCUT2D eigenvalue weighted by molar-refractivity contribution is 0.0654. The summed E-state index contributed by atoms with van der Waals surface area (Å²) in [6.45, 7) is 2.49. The molecule has 0 atom stereocenters. The van der Waals surface area contributed by atoms with E-state index in [1.165, 1.54) is 4.90 Å². The van der Waals surface area contributed by atoms with Gasteiger partial charge in [0, 0.05) is 6.54 Å². The monoisotopic (exact) mass is 214 g/mol. The van der Waals surface area contributed by atoms with E-state index >= 15 is 0 Å². The summed E-state index contributed by atoms with van der Waals surface area (Å²) in [5.74, 6) is -0.312. The molecule has 0 bridgehead atoms. The molecule has 81 valence electrons. The predicted molar refractivity (Wildman–Crippen MR) is 62.9 cm³/mol. The number of carbonyl (C=O) groups excluding carboxylic acids is 2. The summed E-state index contributed by atoms with van der Waals surface area (Å²) in [4.78, 5) is 25.1. The van der Waals surface area contributed by atoms with Crippen LogP contribution in [-0.2, 0) is 0 Å². The lowest BCUT2D eigenvalue weighted by atomic mass is 9.77. The minimum atomic E-state index is -0.156. The van der Waals surface area contributed by atoms with Gasteiger partial charge in [0.25, 0.3) is 11.8 Å². The van der Waals surface area contributed by atoms with Gasteiger partial charge >= 0.3 is 0 Å². The van der Waals surface area contributed by atoms with Crippen LogP contribution in [0.2, 0.25) is 13.1 Å². The first-order valence-corrected chi connectivity index (χ1v) is 5.48. The molecule has 1 radical (unpaired) electrons. The lowest BCUT2D eigenvalue weighted by Gasteiger charge is -2.12. The maximum atomic E-state index is 11.9. The van der Waals surface area contributed by atoms with Crippen molar-refractivity contribution in [2.45, 2.75) is 19.6 Å². The largest absolute Gasteiger partial charge is 0.274 e. The number of carbonyl (C=O) groups is 2. The number of fused-ring (bicyclic) bond motifs is 1. The fourth-order valence-corrected chi connectivity index (χ4v) is 1.90. The minimum absolute atomic E-state index is 0.156. The first-order chi connectivity index (χ1) is 7.75. The fourth-order valence-electron chi connectivity index (χ4n) is 1.90. The van der Waals surface area contributed by atoms with Crippen LogP contribution in [-0.4, -0.2) is 30.5 Å². The van der Waals surface area contributed by atoms with Crippen LogP contribution in [0.1, 0.15) is 27.1 Å². The van der Waals surface area contributed by atoms with Gasteiger partial charge in [0.05, 0.1) is 11.1 Å². The molecule has 1 heterocycles. The summed E-state index contributed by atoms with van der Waals surface area (Å²) < 4.78 is 0. The zero-order chi connectivity index (χ0) is 11.5. The molecule has 0 aliphatic carbocycles. The highest BCUT2D eigenvalue weighted by Crippen LogP contribution is 2.22. The van der Waals surface area contributed by atoms with Crippen molar-refractivity contribution < 1.29 is 9.59 Å². The highest BCUT2D eigenvalue weighted by Gasteiger charge is 2.34. The Morgan fingerprint density at radius 2 is 1.69 bits per heavy atom. The van der Waals surface area contributed by atoms with Crippen molar-refractivity contribution in [2.75, 3.05) is 6.54 Å². The molecule has 0 saturated carbocycles. The van der Waals surface area contributed by atoms with E-state index in [9.17, 15) is 9.59 Å². The van der Waals surface area contributed by atoms with Crippen molar-refractivity contribution in [2.24, 2.45) is 0 Å². The molecule has 0 fully saturated rings. The molecule has 0 N–H and O–H groups in total. The molecule has 0 spiro atoms. The number of nitrogens with zero attached hydrogens (tertiary/aromatic N) is 1. The average Bonchev–Trinajstić information content (AvgIpc) is 2.55. The Labute approximate surface area is 95.7 Å². The number of hydrogen-bond acceptors (Lipinski definition) is 2. The maximum absolute atomic E-state index is 11.9. The zero-order valence-electron chi connectivity index (χ0n) is 9.27. The van der Waals surface area contributed by atoms with Gasteiger partial charge < -0.3 is 0 Å². The second kappa shape index (κ2) is 4.52. The quantitative estimate of drug-likeness (QED) is 0.435. The van der Waals surface area contributed by atoms with E-state index in [0.717, 1.165) is 12.7 Å². The molecule has 1 aliphatic heterocycles. The van der Waals surface area contributed by atoms with Crippen molar-refractivity contribution in [3.8, 4) is 0 Å². The first kappa shape index (κ1) is 10.9. The Balaban J connectivity index is 2.15. The lowest BCUT2D eigenvalue weighted by Crippen LogP contribution is -2.30. The molecule has 2 amide bonds. The second-order valence-electron chi connectivity index (χ2n) is 3.86. The second-order valence-corrected chi connectivity index (χ2v) is 3.86. The SMILES string of the molecule is C[B]CCCN1C(=O)c2ccccc2C1=O. The van der Waals surface area contributed by atoms with Crippen LogP contribution in [0.25, 0.3) is 0 Å². The van der Waals surface area contributed by atoms with E-state index < -0.39 is 0 Å². The normalized spacial score (nSPS) is 14.2. The first-order valence-electron chi connectivity index (χ1n) is 5.48. The van der Waals surface area contributed by atoms with Gasteiger partial charge in [-0.1, -0.05) is 25.3 Å². The van der Waals surface area contributed by atoms with Gasteiger partial charge in [0.2, 0.25) is 0 Å². The maximum Gasteiger partial charge on any atom is 0.261 e. The van der Waals surface area contributed by atoms with Crippen LogP contribution in [0.4, 0.5) is 0 Å². The van der Waals surface area contributed by atoms with E-state index in [0.29, 0.717) is 17.7 Å². The smallest absolute Gasteiger partial charge is 0.261 e. The average molecular weight is 214 g/mol. The van der Waals surface area contributed by atoms with E-state index in [1.54, 1.807) is 24.3 Å². The topological polar surface area (TPSA) is 37.4 Å². The highest BCUT2D eigenvalue weighted by molar-refractivity contribution is 6.33. The zero-order valence-corrected chi connectivity index (χ0v) is 9.27. The third-order valence-electron chi connectivity index (χ3n) is 2.75. The summed E-state index contributed by atoms with van der Waals surface area (Å²) in [7, 11) is 2.04. The Morgan fingerprint density at radius 1 is 1.12 bits per heavy atom. The van der Waals surface area contributed by atoms with Crippen molar-refractivity contribution >= 4 is 19.1 Å². The molecule has 0 saturated heterocycles. The Morgan fingerprint density at radius 3 is 2.19 bits per heavy atom. The predicted octanol–water partition coefficient (Wildman–Crippen LogP) is 1.84. The van der Waals surface area contributed by atoms with Crippen LogP contribution in [0.5, 0.6) is 0 Å². The fraction of sp³-hybridized carbons (Fsp3) is 0.333. The summed E-state index contributed by atoms with van der Waals surface area (Å²) in [6.07, 6.45) is 1.76. The van der Waals surface area contributed by atoms with Crippen LogP contribution in [0.3, 0.4) is 0 Å². The third-order valence-corrected chi connectivity index (χ3v) is 2.75. The molecule has 16 heavy (non-hydrogen) atoms. The number of amides is 2. The molecule has 1 aromatic carbocycles. The molecule has 1 aromatic rings. The Kier molecular flexibility index (Phi) is 3.08. The number of benzene rings is 1. The Bertz CT molecular complexity index is 396. The van der Waals surface area contributed by atoms with E-state index in [4.69, 9.17) is 0 Å². The Hall–Kier alpha value is -1.58. The van der Waals surface area contributed by atoms with Crippen molar-refractivity contribution in [1.82, 2.24) is 4.90 Å². The van der Waals surface area contributed by atoms with Gasteiger partial charge in [-0.05, 0) is 18.6 Å². The number of hydrogen-bond donors (Lipinski definition) is 0. The van der Waals surface area contributed by atoms with Crippen molar-refractivity contribution in [1.29, 1.82) is 0 Å². The van der Waals surface area contributed by atoms with Gasteiger partial charge in [0.1, 0.15) is 7.28 Å². The molecular weight excluding hydrogens is 201 g/mol. The van der Waals surface area contributed by atoms with Gasteiger partial charge in [0.15, 0.2) is 0 Å². The van der Waals surface area contributed by atoms with Crippen LogP contribution in [0.15, 0.2) is 24.3 Å². The summed E-state index contributed by atoms with van der Waals surface area (Å²) in [5, 5.41) is 0. The van der Waals surface area contributed by atoms with Crippen LogP contribution < -0.4 is 0 Å². The van der Waals surface area contributed by atoms with Gasteiger partial charge in [-0.25, -0.2) is 0 Å². The number of rotatable bonds is 4. The van der Waals surface area contributed by atoms with Crippen LogP contribution >= 0.6 is 0 Å². The molecule has 3 nitrogen and oxygen atoms in total. The highest BCUT2D eigenvalue weighted by atomic mass is 16.2. The molecule has 0 unspecified atom stereocenters. The van der Waals surface area contributed by atoms with Gasteiger partial charge in [-0.2, -0.15) is 0 Å². The van der Waals surface area contributed by atoms with Crippen LogP contribution in [0, 0.1) is 0 Å². The standard InChI is InChI=1S/C12H13BNO2/c1-13-7-4-8-14-11(15)9-5-2-3-6-10(9)12(14)16/h2-3,5-6H,4,7-8H2,1H3. The summed E-state index contributed by atoms with van der Waals surface area (Å²) in [6, 6.07) is 6.99. The molecular formula is C12H13BNO2. The number of imide groups is 1. The van der Waals surface area contributed by atoms with Crippen molar-refractivity contribution in [3.05, 3.63) is 35.4 Å². The van der Waals surface area contributed by atoms with Gasteiger partial charge in [-0.3, -0.25) is 14.5 Å². The van der Waals surface area contributed by atoms with Gasteiger partial charge in [-0.15, -0.1) is 0 Å². The molecule has 2 rings (SSSR count). The van der Waals surface area contributed by atoms with E-state index in [-0.39, 0.29) is 11.8 Å². The molecule has 4 heteroatoms.